The zero-order valence-corrected chi connectivity index (χ0v) is 15.2. The molecule has 0 amide bonds. The second kappa shape index (κ2) is 7.38. The van der Waals surface area contributed by atoms with Gasteiger partial charge in [-0.2, -0.15) is 0 Å². The molecule has 4 nitrogen and oxygen atoms in total. The molecule has 0 fully saturated rings. The van der Waals surface area contributed by atoms with Crippen LogP contribution >= 0.6 is 23.2 Å². The molecule has 0 aliphatic heterocycles. The molecule has 0 aliphatic carbocycles. The molecule has 1 unspecified atom stereocenters. The van der Waals surface area contributed by atoms with Crippen LogP contribution in [0.25, 0.3) is 11.0 Å². The molecular weight excluding hydrogens is 363 g/mol. The first-order valence-corrected chi connectivity index (χ1v) is 8.42. The fraction of sp³-hybridized carbons (Fsp3) is 0.211. The molecule has 0 saturated carbocycles. The molecular formula is C19H16Cl2O4. The molecule has 25 heavy (non-hydrogen) atoms. The van der Waals surface area contributed by atoms with Gasteiger partial charge in [-0.3, -0.25) is 4.79 Å². The fourth-order valence-corrected chi connectivity index (χ4v) is 3.16. The zero-order valence-electron chi connectivity index (χ0n) is 13.7. The zero-order chi connectivity index (χ0) is 18.0. The number of hydrogen-bond donors (Lipinski definition) is 0. The number of esters is 1. The molecule has 0 N–H and O–H groups in total. The minimum absolute atomic E-state index is 0.167. The Hall–Kier alpha value is -2.17. The number of fused-ring (bicyclic) bond motifs is 1. The first-order chi connectivity index (χ1) is 12.0. The maximum absolute atomic E-state index is 11.4. The third kappa shape index (κ3) is 3.91. The van der Waals surface area contributed by atoms with Gasteiger partial charge in [-0.1, -0.05) is 29.3 Å². The summed E-state index contributed by atoms with van der Waals surface area (Å²) in [6.07, 6.45) is 1.47. The Balaban J connectivity index is 1.81. The summed E-state index contributed by atoms with van der Waals surface area (Å²) < 4.78 is 16.2. The smallest absolute Gasteiger partial charge is 0.310 e. The normalized spacial score (nSPS) is 12.2. The van der Waals surface area contributed by atoms with Crippen LogP contribution in [0.1, 0.15) is 24.2 Å². The number of benzene rings is 2. The van der Waals surface area contributed by atoms with Crippen LogP contribution in [0.15, 0.2) is 47.1 Å². The number of ether oxygens (including phenoxy) is 2. The van der Waals surface area contributed by atoms with Crippen molar-refractivity contribution in [3.8, 4) is 5.75 Å². The Morgan fingerprint density at radius 1 is 1.20 bits per heavy atom. The van der Waals surface area contributed by atoms with E-state index in [-0.39, 0.29) is 18.5 Å². The van der Waals surface area contributed by atoms with Gasteiger partial charge >= 0.3 is 5.97 Å². The molecule has 2 aromatic carbocycles. The van der Waals surface area contributed by atoms with Gasteiger partial charge in [0.1, 0.15) is 17.4 Å². The van der Waals surface area contributed by atoms with E-state index in [9.17, 15) is 4.79 Å². The van der Waals surface area contributed by atoms with Gasteiger partial charge in [0.2, 0.25) is 0 Å². The molecule has 1 aromatic heterocycles. The number of carbonyl (C=O) groups is 1. The second-order valence-electron chi connectivity index (χ2n) is 5.60. The number of carbonyl (C=O) groups excluding carboxylic acids is 1. The monoisotopic (exact) mass is 378 g/mol. The molecule has 3 rings (SSSR count). The number of methoxy groups -OCH3 is 1. The van der Waals surface area contributed by atoms with Crippen molar-refractivity contribution in [3.05, 3.63) is 63.8 Å². The van der Waals surface area contributed by atoms with E-state index in [1.165, 1.54) is 7.11 Å². The Kier molecular flexibility index (Phi) is 5.21. The van der Waals surface area contributed by atoms with E-state index in [2.05, 4.69) is 0 Å². The number of hydrogen-bond acceptors (Lipinski definition) is 4. The van der Waals surface area contributed by atoms with Crippen molar-refractivity contribution in [2.24, 2.45) is 0 Å². The van der Waals surface area contributed by atoms with Crippen molar-refractivity contribution >= 4 is 40.1 Å². The van der Waals surface area contributed by atoms with E-state index < -0.39 is 0 Å². The van der Waals surface area contributed by atoms with Crippen LogP contribution in [0, 0.1) is 0 Å². The summed E-state index contributed by atoms with van der Waals surface area (Å²) in [6, 6.07) is 10.8. The van der Waals surface area contributed by atoms with E-state index in [1.807, 2.05) is 25.1 Å². The lowest BCUT2D eigenvalue weighted by Gasteiger charge is -2.16. The van der Waals surface area contributed by atoms with E-state index in [1.54, 1.807) is 24.5 Å². The van der Waals surface area contributed by atoms with Crippen LogP contribution in [-0.4, -0.2) is 13.1 Å². The predicted octanol–water partition coefficient (Wildman–Crippen LogP) is 5.60. The lowest BCUT2D eigenvalue weighted by Crippen LogP contribution is -2.04. The molecule has 1 atom stereocenters. The average Bonchev–Trinajstić information content (AvgIpc) is 2.96. The standard InChI is InChI=1S/C19H16Cl2O4/c1-11(15-5-3-13(20)8-17(15)21)25-14-4-6-16-12(7-19(22)23-2)10-24-18(16)9-14/h3-6,8-11H,7H2,1-2H3. The Bertz CT molecular complexity index is 917. The van der Waals surface area contributed by atoms with Gasteiger partial charge in [0, 0.05) is 32.6 Å². The van der Waals surface area contributed by atoms with Gasteiger partial charge in [0.15, 0.2) is 0 Å². The molecule has 3 aromatic rings. The van der Waals surface area contributed by atoms with Gasteiger partial charge < -0.3 is 13.9 Å². The SMILES string of the molecule is COC(=O)Cc1coc2cc(OC(C)c3ccc(Cl)cc3Cl)ccc12. The number of halogens is 2. The number of rotatable bonds is 5. The van der Waals surface area contributed by atoms with Crippen molar-refractivity contribution in [2.75, 3.05) is 7.11 Å². The number of furan rings is 1. The van der Waals surface area contributed by atoms with Crippen molar-refractivity contribution in [2.45, 2.75) is 19.4 Å². The van der Waals surface area contributed by atoms with Gasteiger partial charge in [-0.25, -0.2) is 0 Å². The average molecular weight is 379 g/mol. The maximum atomic E-state index is 11.4. The van der Waals surface area contributed by atoms with Gasteiger partial charge in [0.25, 0.3) is 0 Å². The van der Waals surface area contributed by atoms with E-state index in [0.717, 1.165) is 16.5 Å². The van der Waals surface area contributed by atoms with Gasteiger partial charge in [-0.05, 0) is 31.2 Å². The summed E-state index contributed by atoms with van der Waals surface area (Å²) in [5, 5.41) is 1.99. The van der Waals surface area contributed by atoms with Crippen LogP contribution in [0.4, 0.5) is 0 Å². The van der Waals surface area contributed by atoms with E-state index in [4.69, 9.17) is 37.1 Å². The summed E-state index contributed by atoms with van der Waals surface area (Å²) >= 11 is 12.1. The topological polar surface area (TPSA) is 48.7 Å². The summed E-state index contributed by atoms with van der Waals surface area (Å²) in [5.41, 5.74) is 2.27. The first kappa shape index (κ1) is 17.6. The maximum Gasteiger partial charge on any atom is 0.310 e. The van der Waals surface area contributed by atoms with Gasteiger partial charge in [-0.15, -0.1) is 0 Å². The van der Waals surface area contributed by atoms with E-state index >= 15 is 0 Å². The third-order valence-electron chi connectivity index (χ3n) is 3.90. The van der Waals surface area contributed by atoms with Crippen LogP contribution in [-0.2, 0) is 16.0 Å². The highest BCUT2D eigenvalue weighted by molar-refractivity contribution is 6.35. The van der Waals surface area contributed by atoms with Crippen LogP contribution in [0.3, 0.4) is 0 Å². The quantitative estimate of drug-likeness (QED) is 0.542. The molecule has 0 radical (unpaired) electrons. The van der Waals surface area contributed by atoms with Crippen molar-refractivity contribution in [3.63, 3.8) is 0 Å². The molecule has 0 aliphatic rings. The van der Waals surface area contributed by atoms with E-state index in [0.29, 0.717) is 21.4 Å². The van der Waals surface area contributed by atoms with Crippen LogP contribution in [0.2, 0.25) is 10.0 Å². The first-order valence-electron chi connectivity index (χ1n) is 7.66. The minimum atomic E-state index is -0.311. The molecule has 0 spiro atoms. The van der Waals surface area contributed by atoms with Crippen molar-refractivity contribution in [1.82, 2.24) is 0 Å². The van der Waals surface area contributed by atoms with Gasteiger partial charge in [0.05, 0.1) is 19.8 Å². The Labute approximate surface area is 155 Å². The molecule has 0 bridgehead atoms. The van der Waals surface area contributed by atoms with Crippen molar-refractivity contribution in [1.29, 1.82) is 0 Å². The summed E-state index contributed by atoms with van der Waals surface area (Å²) in [6.45, 7) is 1.91. The molecule has 0 saturated heterocycles. The summed E-state index contributed by atoms with van der Waals surface area (Å²) in [7, 11) is 1.36. The van der Waals surface area contributed by atoms with Crippen LogP contribution in [0.5, 0.6) is 5.75 Å². The molecule has 130 valence electrons. The Morgan fingerprint density at radius 3 is 2.72 bits per heavy atom. The predicted molar refractivity (Wildman–Crippen MR) is 97.4 cm³/mol. The lowest BCUT2D eigenvalue weighted by molar-refractivity contribution is -0.139. The summed E-state index contributed by atoms with van der Waals surface area (Å²) in [4.78, 5) is 11.4. The summed E-state index contributed by atoms with van der Waals surface area (Å²) in [5.74, 6) is 0.332. The lowest BCUT2D eigenvalue weighted by atomic mass is 10.1. The largest absolute Gasteiger partial charge is 0.486 e. The highest BCUT2D eigenvalue weighted by Gasteiger charge is 2.14. The highest BCUT2D eigenvalue weighted by Crippen LogP contribution is 2.32. The second-order valence-corrected chi connectivity index (χ2v) is 6.44. The minimum Gasteiger partial charge on any atom is -0.486 e. The highest BCUT2D eigenvalue weighted by atomic mass is 35.5. The molecule has 1 heterocycles. The van der Waals surface area contributed by atoms with Crippen LogP contribution < -0.4 is 4.74 Å². The third-order valence-corrected chi connectivity index (χ3v) is 4.47. The fourth-order valence-electron chi connectivity index (χ4n) is 2.60. The molecule has 6 heteroatoms. The van der Waals surface area contributed by atoms with Crippen molar-refractivity contribution < 1.29 is 18.7 Å². The Morgan fingerprint density at radius 2 is 2.00 bits per heavy atom.